The summed E-state index contributed by atoms with van der Waals surface area (Å²) < 4.78 is 6.29. The third-order valence-corrected chi connectivity index (χ3v) is 5.39. The number of thiazole rings is 1. The minimum atomic E-state index is -0.241. The third-order valence-electron chi connectivity index (χ3n) is 4.35. The van der Waals surface area contributed by atoms with E-state index in [1.807, 2.05) is 36.4 Å². The number of aryl methyl sites for hydroxylation is 2. The molecule has 27 heavy (non-hydrogen) atoms. The van der Waals surface area contributed by atoms with Crippen LogP contribution < -0.4 is 4.90 Å². The molecule has 0 fully saturated rings. The van der Waals surface area contributed by atoms with Crippen LogP contribution in [0.1, 0.15) is 34.3 Å². The van der Waals surface area contributed by atoms with Crippen molar-refractivity contribution < 1.29 is 9.32 Å². The molecule has 0 atom stereocenters. The highest BCUT2D eigenvalue weighted by molar-refractivity contribution is 7.22. The molecule has 6 heteroatoms. The maximum Gasteiger partial charge on any atom is 0.298 e. The number of nitrogens with zero attached hydrogens (tertiary/aromatic N) is 3. The highest BCUT2D eigenvalue weighted by Gasteiger charge is 2.25. The molecule has 0 bridgehead atoms. The fraction of sp³-hybridized carbons (Fsp3) is 0.190. The lowest BCUT2D eigenvalue weighted by atomic mass is 10.2. The number of rotatable bonds is 5. The van der Waals surface area contributed by atoms with Gasteiger partial charge in [0.1, 0.15) is 0 Å². The molecule has 4 rings (SSSR count). The maximum atomic E-state index is 13.1. The Morgan fingerprint density at radius 3 is 2.63 bits per heavy atom. The molecule has 0 aliphatic heterocycles. The zero-order chi connectivity index (χ0) is 18.8. The minimum Gasteiger partial charge on any atom is -0.351 e. The van der Waals surface area contributed by atoms with Crippen LogP contribution in [0.5, 0.6) is 0 Å². The van der Waals surface area contributed by atoms with Crippen molar-refractivity contribution in [3.05, 3.63) is 77.2 Å². The molecule has 2 aromatic heterocycles. The summed E-state index contributed by atoms with van der Waals surface area (Å²) in [6.07, 6.45) is 0.965. The standard InChI is InChI=1S/C21H19N3O2S/c1-3-15-9-10-17-19(12-15)27-21(22-17)24(13-16-7-5-4-6-8-16)20(25)18-11-14(2)23-26-18/h4-12H,3,13H2,1-2H3. The van der Waals surface area contributed by atoms with Gasteiger partial charge in [0.05, 0.1) is 22.5 Å². The molecule has 2 heterocycles. The van der Waals surface area contributed by atoms with Gasteiger partial charge in [0.15, 0.2) is 5.13 Å². The Morgan fingerprint density at radius 1 is 1.11 bits per heavy atom. The van der Waals surface area contributed by atoms with Crippen molar-refractivity contribution in [2.45, 2.75) is 26.8 Å². The van der Waals surface area contributed by atoms with Crippen molar-refractivity contribution >= 4 is 32.6 Å². The summed E-state index contributed by atoms with van der Waals surface area (Å²) in [5.41, 5.74) is 3.85. The van der Waals surface area contributed by atoms with Crippen LogP contribution in [-0.4, -0.2) is 16.0 Å². The first-order valence-electron chi connectivity index (χ1n) is 8.82. The molecule has 0 N–H and O–H groups in total. The SMILES string of the molecule is CCc1ccc2nc(N(Cc3ccccc3)C(=O)c3cc(C)no3)sc2c1. The fourth-order valence-electron chi connectivity index (χ4n) is 2.88. The van der Waals surface area contributed by atoms with Gasteiger partial charge in [-0.05, 0) is 36.6 Å². The molecule has 5 nitrogen and oxygen atoms in total. The zero-order valence-corrected chi connectivity index (χ0v) is 16.0. The Hall–Kier alpha value is -2.99. The van der Waals surface area contributed by atoms with Crippen LogP contribution in [0.15, 0.2) is 59.1 Å². The van der Waals surface area contributed by atoms with Crippen LogP contribution in [0.3, 0.4) is 0 Å². The lowest BCUT2D eigenvalue weighted by Crippen LogP contribution is -2.30. The number of carbonyl (C=O) groups is 1. The quantitative estimate of drug-likeness (QED) is 0.491. The van der Waals surface area contributed by atoms with Gasteiger partial charge in [-0.15, -0.1) is 0 Å². The second kappa shape index (κ2) is 7.32. The van der Waals surface area contributed by atoms with Gasteiger partial charge in [-0.1, -0.05) is 59.8 Å². The highest BCUT2D eigenvalue weighted by atomic mass is 32.1. The Balaban J connectivity index is 1.75. The van der Waals surface area contributed by atoms with Gasteiger partial charge in [-0.3, -0.25) is 9.69 Å². The van der Waals surface area contributed by atoms with E-state index in [1.54, 1.807) is 17.9 Å². The van der Waals surface area contributed by atoms with Crippen molar-refractivity contribution in [3.63, 3.8) is 0 Å². The normalized spacial score (nSPS) is 11.0. The molecule has 136 valence electrons. The van der Waals surface area contributed by atoms with Gasteiger partial charge < -0.3 is 4.52 Å². The Labute approximate surface area is 161 Å². The zero-order valence-electron chi connectivity index (χ0n) is 15.2. The second-order valence-corrected chi connectivity index (χ2v) is 7.37. The predicted octanol–water partition coefficient (Wildman–Crippen LogP) is 5.00. The van der Waals surface area contributed by atoms with Crippen LogP contribution in [0.25, 0.3) is 10.2 Å². The van der Waals surface area contributed by atoms with E-state index in [2.05, 4.69) is 24.2 Å². The lowest BCUT2D eigenvalue weighted by Gasteiger charge is -2.18. The first-order valence-corrected chi connectivity index (χ1v) is 9.64. The number of aromatic nitrogens is 2. The molecule has 1 amide bonds. The summed E-state index contributed by atoms with van der Waals surface area (Å²) in [6, 6.07) is 17.8. The first kappa shape index (κ1) is 17.4. The number of hydrogen-bond donors (Lipinski definition) is 0. The van der Waals surface area contributed by atoms with E-state index in [4.69, 9.17) is 9.51 Å². The molecule has 0 saturated carbocycles. The minimum absolute atomic E-state index is 0.219. The van der Waals surface area contributed by atoms with E-state index in [1.165, 1.54) is 16.9 Å². The molecule has 2 aromatic carbocycles. The van der Waals surface area contributed by atoms with E-state index in [9.17, 15) is 4.79 Å². The van der Waals surface area contributed by atoms with E-state index < -0.39 is 0 Å². The summed E-state index contributed by atoms with van der Waals surface area (Å²) in [5, 5.41) is 4.50. The van der Waals surface area contributed by atoms with E-state index in [-0.39, 0.29) is 11.7 Å². The van der Waals surface area contributed by atoms with Gasteiger partial charge in [0, 0.05) is 6.07 Å². The van der Waals surface area contributed by atoms with Crippen LogP contribution in [0.2, 0.25) is 0 Å². The summed E-state index contributed by atoms with van der Waals surface area (Å²) in [5.74, 6) is -0.0221. The van der Waals surface area contributed by atoms with Gasteiger partial charge in [-0.2, -0.15) is 0 Å². The molecule has 0 aliphatic carbocycles. The Kier molecular flexibility index (Phi) is 4.73. The Morgan fingerprint density at radius 2 is 1.93 bits per heavy atom. The number of fused-ring (bicyclic) bond motifs is 1. The maximum absolute atomic E-state index is 13.1. The number of anilines is 1. The van der Waals surface area contributed by atoms with Crippen molar-refractivity contribution in [2.24, 2.45) is 0 Å². The number of hydrogen-bond acceptors (Lipinski definition) is 5. The van der Waals surface area contributed by atoms with E-state index in [0.717, 1.165) is 22.2 Å². The molecule has 0 aliphatic rings. The highest BCUT2D eigenvalue weighted by Crippen LogP contribution is 2.31. The summed E-state index contributed by atoms with van der Waals surface area (Å²) in [4.78, 5) is 19.5. The second-order valence-electron chi connectivity index (χ2n) is 6.36. The molecule has 0 spiro atoms. The largest absolute Gasteiger partial charge is 0.351 e. The van der Waals surface area contributed by atoms with Gasteiger partial charge >= 0.3 is 0 Å². The van der Waals surface area contributed by atoms with Crippen LogP contribution in [0.4, 0.5) is 5.13 Å². The van der Waals surface area contributed by atoms with Gasteiger partial charge in [0.2, 0.25) is 5.76 Å². The Bertz CT molecular complexity index is 1090. The van der Waals surface area contributed by atoms with Gasteiger partial charge in [0.25, 0.3) is 5.91 Å². The van der Waals surface area contributed by atoms with Crippen LogP contribution >= 0.6 is 11.3 Å². The van der Waals surface area contributed by atoms with Crippen molar-refractivity contribution in [3.8, 4) is 0 Å². The summed E-state index contributed by atoms with van der Waals surface area (Å²) >= 11 is 1.52. The molecule has 0 radical (unpaired) electrons. The van der Waals surface area contributed by atoms with Crippen molar-refractivity contribution in [1.82, 2.24) is 10.1 Å². The summed E-state index contributed by atoms with van der Waals surface area (Å²) in [7, 11) is 0. The van der Waals surface area contributed by atoms with Crippen molar-refractivity contribution in [1.29, 1.82) is 0 Å². The number of amides is 1. The third kappa shape index (κ3) is 3.61. The van der Waals surface area contributed by atoms with Gasteiger partial charge in [-0.25, -0.2) is 4.98 Å². The monoisotopic (exact) mass is 377 g/mol. The lowest BCUT2D eigenvalue weighted by molar-refractivity contribution is 0.0949. The molecular weight excluding hydrogens is 358 g/mol. The number of benzene rings is 2. The van der Waals surface area contributed by atoms with Crippen LogP contribution in [0, 0.1) is 6.92 Å². The average molecular weight is 377 g/mol. The predicted molar refractivity (Wildman–Crippen MR) is 107 cm³/mol. The summed E-state index contributed by atoms with van der Waals surface area (Å²) in [6.45, 7) is 4.34. The van der Waals surface area contributed by atoms with Crippen LogP contribution in [-0.2, 0) is 13.0 Å². The topological polar surface area (TPSA) is 59.2 Å². The smallest absolute Gasteiger partial charge is 0.298 e. The number of carbonyl (C=O) groups excluding carboxylic acids is 1. The molecule has 0 unspecified atom stereocenters. The van der Waals surface area contributed by atoms with E-state index >= 15 is 0 Å². The van der Waals surface area contributed by atoms with E-state index in [0.29, 0.717) is 17.4 Å². The van der Waals surface area contributed by atoms with Crippen molar-refractivity contribution in [2.75, 3.05) is 4.90 Å². The molecule has 0 saturated heterocycles. The average Bonchev–Trinajstić information content (AvgIpc) is 3.31. The molecular formula is C21H19N3O2S. The molecule has 4 aromatic rings. The fourth-order valence-corrected chi connectivity index (χ4v) is 3.91. The first-order chi connectivity index (χ1) is 13.1.